The first-order chi connectivity index (χ1) is 10.1. The van der Waals surface area contributed by atoms with Gasteiger partial charge in [-0.25, -0.2) is 4.68 Å². The van der Waals surface area contributed by atoms with Gasteiger partial charge in [0.2, 0.25) is 0 Å². The molecule has 21 heavy (non-hydrogen) atoms. The molecule has 1 aliphatic heterocycles. The molecule has 110 valence electrons. The Balaban J connectivity index is 1.86. The van der Waals surface area contributed by atoms with E-state index in [-0.39, 0.29) is 5.91 Å². The Labute approximate surface area is 124 Å². The standard InChI is InChI=1S/C16H20N4O/c1-19(2)16(21)12-3-5-14(6-4-12)20-11-13-7-9-17-10-8-15(13)18-20/h3-6,11,17H,7-10H2,1-2H3. The van der Waals surface area contributed by atoms with Crippen LogP contribution < -0.4 is 5.32 Å². The maximum atomic E-state index is 11.9. The Bertz CT molecular complexity index is 619. The predicted molar refractivity (Wildman–Crippen MR) is 81.9 cm³/mol. The van der Waals surface area contributed by atoms with Crippen LogP contribution in [0.5, 0.6) is 0 Å². The SMILES string of the molecule is CN(C)C(=O)c1ccc(-n2cc3c(n2)CCNCC3)cc1. The van der Waals surface area contributed by atoms with E-state index in [1.807, 2.05) is 28.9 Å². The number of hydrogen-bond donors (Lipinski definition) is 1. The van der Waals surface area contributed by atoms with Gasteiger partial charge in [-0.2, -0.15) is 5.10 Å². The average molecular weight is 284 g/mol. The normalized spacial score (nSPS) is 14.4. The summed E-state index contributed by atoms with van der Waals surface area (Å²) in [6, 6.07) is 7.60. The Morgan fingerprint density at radius 2 is 1.90 bits per heavy atom. The number of nitrogens with one attached hydrogen (secondary N) is 1. The van der Waals surface area contributed by atoms with E-state index >= 15 is 0 Å². The summed E-state index contributed by atoms with van der Waals surface area (Å²) in [6.07, 6.45) is 4.09. The van der Waals surface area contributed by atoms with Crippen LogP contribution in [0.3, 0.4) is 0 Å². The largest absolute Gasteiger partial charge is 0.345 e. The van der Waals surface area contributed by atoms with Crippen molar-refractivity contribution in [2.75, 3.05) is 27.2 Å². The van der Waals surface area contributed by atoms with E-state index in [0.717, 1.165) is 31.6 Å². The topological polar surface area (TPSA) is 50.2 Å². The Kier molecular flexibility index (Phi) is 3.75. The number of nitrogens with zero attached hydrogens (tertiary/aromatic N) is 3. The molecule has 5 heteroatoms. The van der Waals surface area contributed by atoms with Gasteiger partial charge in [0, 0.05) is 38.8 Å². The molecule has 2 heterocycles. The van der Waals surface area contributed by atoms with Gasteiger partial charge in [-0.05, 0) is 42.8 Å². The van der Waals surface area contributed by atoms with Gasteiger partial charge in [-0.3, -0.25) is 4.79 Å². The molecule has 1 amide bonds. The van der Waals surface area contributed by atoms with E-state index in [4.69, 9.17) is 0 Å². The third-order valence-corrected chi connectivity index (χ3v) is 3.77. The van der Waals surface area contributed by atoms with E-state index in [9.17, 15) is 4.79 Å². The summed E-state index contributed by atoms with van der Waals surface area (Å²) in [7, 11) is 3.52. The van der Waals surface area contributed by atoms with Crippen LogP contribution in [0, 0.1) is 0 Å². The molecule has 0 spiro atoms. The highest BCUT2D eigenvalue weighted by Crippen LogP contribution is 2.16. The molecule has 1 aliphatic rings. The molecule has 3 rings (SSSR count). The van der Waals surface area contributed by atoms with Crippen LogP contribution in [0.4, 0.5) is 0 Å². The van der Waals surface area contributed by atoms with E-state index in [1.54, 1.807) is 19.0 Å². The third kappa shape index (κ3) is 2.83. The molecule has 0 atom stereocenters. The molecule has 1 aromatic carbocycles. The minimum absolute atomic E-state index is 0.0175. The number of amides is 1. The van der Waals surface area contributed by atoms with Crippen LogP contribution in [0.2, 0.25) is 0 Å². The van der Waals surface area contributed by atoms with Crippen molar-refractivity contribution in [1.82, 2.24) is 20.0 Å². The lowest BCUT2D eigenvalue weighted by atomic mass is 10.1. The fraction of sp³-hybridized carbons (Fsp3) is 0.375. The summed E-state index contributed by atoms with van der Waals surface area (Å²) >= 11 is 0. The number of fused-ring (bicyclic) bond motifs is 1. The van der Waals surface area contributed by atoms with Crippen molar-refractivity contribution in [3.05, 3.63) is 47.3 Å². The lowest BCUT2D eigenvalue weighted by Gasteiger charge is -2.10. The number of benzene rings is 1. The molecule has 0 radical (unpaired) electrons. The van der Waals surface area contributed by atoms with Gasteiger partial charge in [0.25, 0.3) is 5.91 Å². The van der Waals surface area contributed by atoms with Crippen molar-refractivity contribution >= 4 is 5.91 Å². The fourth-order valence-electron chi connectivity index (χ4n) is 2.57. The van der Waals surface area contributed by atoms with Crippen LogP contribution in [-0.4, -0.2) is 47.8 Å². The minimum Gasteiger partial charge on any atom is -0.345 e. The zero-order valence-electron chi connectivity index (χ0n) is 12.5. The molecule has 0 saturated carbocycles. The van der Waals surface area contributed by atoms with Gasteiger partial charge in [-0.1, -0.05) is 0 Å². The summed E-state index contributed by atoms with van der Waals surface area (Å²) in [5.41, 5.74) is 4.18. The van der Waals surface area contributed by atoms with Crippen molar-refractivity contribution < 1.29 is 4.79 Å². The summed E-state index contributed by atoms with van der Waals surface area (Å²) in [5, 5.41) is 8.05. The summed E-state index contributed by atoms with van der Waals surface area (Å²) in [4.78, 5) is 13.5. The van der Waals surface area contributed by atoms with Gasteiger partial charge < -0.3 is 10.2 Å². The molecule has 0 fully saturated rings. The second-order valence-corrected chi connectivity index (χ2v) is 5.54. The van der Waals surface area contributed by atoms with Crippen LogP contribution in [0.15, 0.2) is 30.5 Å². The summed E-state index contributed by atoms with van der Waals surface area (Å²) in [5.74, 6) is 0.0175. The highest BCUT2D eigenvalue weighted by molar-refractivity contribution is 5.94. The van der Waals surface area contributed by atoms with Crippen LogP contribution in [0.25, 0.3) is 5.69 Å². The van der Waals surface area contributed by atoms with E-state index < -0.39 is 0 Å². The van der Waals surface area contributed by atoms with Crippen molar-refractivity contribution in [1.29, 1.82) is 0 Å². The first-order valence-corrected chi connectivity index (χ1v) is 7.25. The maximum absolute atomic E-state index is 11.9. The molecule has 5 nitrogen and oxygen atoms in total. The summed E-state index contributed by atoms with van der Waals surface area (Å²) < 4.78 is 1.92. The monoisotopic (exact) mass is 284 g/mol. The van der Waals surface area contributed by atoms with Crippen molar-refractivity contribution in [2.24, 2.45) is 0 Å². The lowest BCUT2D eigenvalue weighted by molar-refractivity contribution is 0.0827. The average Bonchev–Trinajstić information content (AvgIpc) is 2.77. The van der Waals surface area contributed by atoms with Gasteiger partial charge in [0.15, 0.2) is 0 Å². The first kappa shape index (κ1) is 13.8. The number of aromatic nitrogens is 2. The van der Waals surface area contributed by atoms with Gasteiger partial charge >= 0.3 is 0 Å². The van der Waals surface area contributed by atoms with Crippen molar-refractivity contribution in [3.8, 4) is 5.69 Å². The fourth-order valence-corrected chi connectivity index (χ4v) is 2.57. The van der Waals surface area contributed by atoms with E-state index in [2.05, 4.69) is 16.6 Å². The molecular weight excluding hydrogens is 264 g/mol. The smallest absolute Gasteiger partial charge is 0.253 e. The molecule has 0 saturated heterocycles. The maximum Gasteiger partial charge on any atom is 0.253 e. The van der Waals surface area contributed by atoms with Crippen LogP contribution in [-0.2, 0) is 12.8 Å². The number of rotatable bonds is 2. The van der Waals surface area contributed by atoms with Crippen LogP contribution in [0.1, 0.15) is 21.6 Å². The quantitative estimate of drug-likeness (QED) is 0.903. The van der Waals surface area contributed by atoms with Crippen LogP contribution >= 0.6 is 0 Å². The molecule has 2 aromatic rings. The molecule has 1 aromatic heterocycles. The van der Waals surface area contributed by atoms with Gasteiger partial charge in [0.1, 0.15) is 0 Å². The highest BCUT2D eigenvalue weighted by atomic mass is 16.2. The molecule has 1 N–H and O–H groups in total. The number of hydrogen-bond acceptors (Lipinski definition) is 3. The summed E-state index contributed by atoms with van der Waals surface area (Å²) in [6.45, 7) is 2.00. The second kappa shape index (κ2) is 5.69. The minimum atomic E-state index is 0.0175. The van der Waals surface area contributed by atoms with Gasteiger partial charge in [-0.15, -0.1) is 0 Å². The van der Waals surface area contributed by atoms with Crippen molar-refractivity contribution in [2.45, 2.75) is 12.8 Å². The Morgan fingerprint density at radius 3 is 2.62 bits per heavy atom. The van der Waals surface area contributed by atoms with E-state index in [0.29, 0.717) is 5.56 Å². The predicted octanol–water partition coefficient (Wildman–Crippen LogP) is 1.26. The van der Waals surface area contributed by atoms with Gasteiger partial charge in [0.05, 0.1) is 11.4 Å². The molecular formula is C16H20N4O. The lowest BCUT2D eigenvalue weighted by Crippen LogP contribution is -2.21. The van der Waals surface area contributed by atoms with E-state index in [1.165, 1.54) is 11.3 Å². The Morgan fingerprint density at radius 1 is 1.19 bits per heavy atom. The second-order valence-electron chi connectivity index (χ2n) is 5.54. The highest BCUT2D eigenvalue weighted by Gasteiger charge is 2.13. The number of carbonyl (C=O) groups excluding carboxylic acids is 1. The Hall–Kier alpha value is -2.14. The molecule has 0 bridgehead atoms. The van der Waals surface area contributed by atoms with Crippen molar-refractivity contribution in [3.63, 3.8) is 0 Å². The first-order valence-electron chi connectivity index (χ1n) is 7.25. The number of carbonyl (C=O) groups is 1. The third-order valence-electron chi connectivity index (χ3n) is 3.77. The zero-order chi connectivity index (χ0) is 14.8. The zero-order valence-corrected chi connectivity index (χ0v) is 12.5. The molecule has 0 unspecified atom stereocenters. The molecule has 0 aliphatic carbocycles.